The third-order valence-corrected chi connectivity index (χ3v) is 3.07. The van der Waals surface area contributed by atoms with Gasteiger partial charge in [0.25, 0.3) is 5.91 Å². The minimum atomic E-state index is -0.530. The molecule has 0 aromatic heterocycles. The first-order valence-corrected chi connectivity index (χ1v) is 6.45. The number of halogens is 3. The number of nitrogens with one attached hydrogen (secondary N) is 1. The molecule has 2 rings (SSSR count). The molecule has 0 fully saturated rings. The maximum atomic E-state index is 13.6. The smallest absolute Gasteiger partial charge is 0.255 e. The molecule has 2 aromatic carbocycles. The summed E-state index contributed by atoms with van der Waals surface area (Å²) in [5.41, 5.74) is 6.33. The summed E-state index contributed by atoms with van der Waals surface area (Å²) in [4.78, 5) is 12.0. The number of benzene rings is 2. The lowest BCUT2D eigenvalue weighted by molar-refractivity contribution is 0.102. The summed E-state index contributed by atoms with van der Waals surface area (Å²) in [5.74, 6) is -1.01. The first kappa shape index (κ1) is 13.8. The van der Waals surface area contributed by atoms with Crippen LogP contribution in [0.3, 0.4) is 0 Å². The van der Waals surface area contributed by atoms with E-state index in [9.17, 15) is 9.18 Å². The number of nitrogens with two attached hydrogens (primary N) is 1. The second-order valence-corrected chi connectivity index (χ2v) is 5.20. The Hall–Kier alpha value is -1.59. The maximum Gasteiger partial charge on any atom is 0.255 e. The average Bonchev–Trinajstić information content (AvgIpc) is 2.31. The first-order valence-electron chi connectivity index (χ1n) is 5.28. The molecule has 98 valence electrons. The van der Waals surface area contributed by atoms with Gasteiger partial charge in [0.1, 0.15) is 5.82 Å². The Morgan fingerprint density at radius 3 is 2.63 bits per heavy atom. The Balaban J connectivity index is 2.25. The Morgan fingerprint density at radius 2 is 2.00 bits per heavy atom. The van der Waals surface area contributed by atoms with Crippen molar-refractivity contribution in [2.45, 2.75) is 0 Å². The fourth-order valence-electron chi connectivity index (χ4n) is 1.53. The number of rotatable bonds is 2. The normalized spacial score (nSPS) is 10.3. The van der Waals surface area contributed by atoms with Crippen molar-refractivity contribution in [3.05, 3.63) is 57.3 Å². The van der Waals surface area contributed by atoms with Crippen LogP contribution in [-0.2, 0) is 0 Å². The van der Waals surface area contributed by atoms with Crippen LogP contribution in [0, 0.1) is 5.82 Å². The fraction of sp³-hybridized carbons (Fsp3) is 0. The number of amides is 1. The van der Waals surface area contributed by atoms with Gasteiger partial charge in [0.05, 0.1) is 5.69 Å². The minimum Gasteiger partial charge on any atom is -0.399 e. The van der Waals surface area contributed by atoms with Crippen molar-refractivity contribution in [1.29, 1.82) is 0 Å². The van der Waals surface area contributed by atoms with Gasteiger partial charge in [-0.25, -0.2) is 4.39 Å². The van der Waals surface area contributed by atoms with Crippen LogP contribution in [0.15, 0.2) is 40.9 Å². The highest BCUT2D eigenvalue weighted by Crippen LogP contribution is 2.21. The van der Waals surface area contributed by atoms with Gasteiger partial charge in [0.15, 0.2) is 0 Å². The maximum absolute atomic E-state index is 13.6. The molecule has 0 saturated carbocycles. The topological polar surface area (TPSA) is 55.1 Å². The summed E-state index contributed by atoms with van der Waals surface area (Å²) in [6, 6.07) is 8.82. The van der Waals surface area contributed by atoms with E-state index in [0.29, 0.717) is 15.2 Å². The van der Waals surface area contributed by atoms with Crippen LogP contribution in [-0.4, -0.2) is 5.91 Å². The average molecular weight is 344 g/mol. The van der Waals surface area contributed by atoms with E-state index in [1.807, 2.05) is 0 Å². The Labute approximate surface area is 122 Å². The third kappa shape index (κ3) is 3.45. The van der Waals surface area contributed by atoms with Crippen molar-refractivity contribution in [3.8, 4) is 0 Å². The number of nitrogen functional groups attached to an aromatic ring is 1. The standard InChI is InChI=1S/C13H9BrClFN2O/c14-8-1-2-12(11(16)5-8)18-13(19)7-3-9(15)6-10(17)4-7/h1-6H,17H2,(H,18,19). The zero-order valence-electron chi connectivity index (χ0n) is 9.58. The molecule has 6 heteroatoms. The largest absolute Gasteiger partial charge is 0.399 e. The summed E-state index contributed by atoms with van der Waals surface area (Å²) in [7, 11) is 0. The highest BCUT2D eigenvalue weighted by atomic mass is 79.9. The monoisotopic (exact) mass is 342 g/mol. The van der Waals surface area contributed by atoms with E-state index in [1.165, 1.54) is 30.3 Å². The Morgan fingerprint density at radius 1 is 1.26 bits per heavy atom. The molecular weight excluding hydrogens is 335 g/mol. The molecular formula is C13H9BrClFN2O. The van der Waals surface area contributed by atoms with Crippen molar-refractivity contribution in [1.82, 2.24) is 0 Å². The van der Waals surface area contributed by atoms with Crippen LogP contribution in [0.25, 0.3) is 0 Å². The molecule has 0 spiro atoms. The summed E-state index contributed by atoms with van der Waals surface area (Å²) in [6.45, 7) is 0. The van der Waals surface area contributed by atoms with Crippen LogP contribution in [0.2, 0.25) is 5.02 Å². The van der Waals surface area contributed by atoms with Crippen LogP contribution < -0.4 is 11.1 Å². The quantitative estimate of drug-likeness (QED) is 0.807. The highest BCUT2D eigenvalue weighted by molar-refractivity contribution is 9.10. The summed E-state index contributed by atoms with van der Waals surface area (Å²) in [6.07, 6.45) is 0. The highest BCUT2D eigenvalue weighted by Gasteiger charge is 2.11. The molecule has 0 saturated heterocycles. The SMILES string of the molecule is Nc1cc(Cl)cc(C(=O)Nc2ccc(Br)cc2F)c1. The predicted octanol–water partition coefficient (Wildman–Crippen LogP) is 4.08. The third-order valence-electron chi connectivity index (χ3n) is 2.36. The summed E-state index contributed by atoms with van der Waals surface area (Å²) in [5, 5.41) is 2.81. The lowest BCUT2D eigenvalue weighted by Crippen LogP contribution is -2.13. The van der Waals surface area contributed by atoms with Crippen molar-refractivity contribution < 1.29 is 9.18 Å². The number of hydrogen-bond donors (Lipinski definition) is 2. The van der Waals surface area contributed by atoms with Gasteiger partial charge < -0.3 is 11.1 Å². The van der Waals surface area contributed by atoms with Crippen LogP contribution in [0.5, 0.6) is 0 Å². The van der Waals surface area contributed by atoms with Gasteiger partial charge in [-0.2, -0.15) is 0 Å². The van der Waals surface area contributed by atoms with Gasteiger partial charge >= 0.3 is 0 Å². The van der Waals surface area contributed by atoms with Crippen molar-refractivity contribution >= 4 is 44.8 Å². The second-order valence-electron chi connectivity index (χ2n) is 3.85. The lowest BCUT2D eigenvalue weighted by atomic mass is 10.2. The van der Waals surface area contributed by atoms with E-state index < -0.39 is 11.7 Å². The molecule has 0 unspecified atom stereocenters. The predicted molar refractivity (Wildman–Crippen MR) is 77.9 cm³/mol. The van der Waals surface area contributed by atoms with Gasteiger partial charge in [-0.3, -0.25) is 4.79 Å². The molecule has 2 aromatic rings. The first-order chi connectivity index (χ1) is 8.95. The Bertz CT molecular complexity index is 628. The molecule has 0 radical (unpaired) electrons. The van der Waals surface area contributed by atoms with Gasteiger partial charge in [-0.15, -0.1) is 0 Å². The van der Waals surface area contributed by atoms with Crippen LogP contribution in [0.1, 0.15) is 10.4 Å². The van der Waals surface area contributed by atoms with Gasteiger partial charge in [-0.05, 0) is 36.4 Å². The van der Waals surface area contributed by atoms with Gasteiger partial charge in [0.2, 0.25) is 0 Å². The zero-order valence-corrected chi connectivity index (χ0v) is 11.9. The molecule has 0 aliphatic heterocycles. The zero-order chi connectivity index (χ0) is 14.0. The number of carbonyl (C=O) groups excluding carboxylic acids is 1. The van der Waals surface area contributed by atoms with E-state index in [-0.39, 0.29) is 11.3 Å². The summed E-state index contributed by atoms with van der Waals surface area (Å²) < 4.78 is 14.2. The molecule has 3 nitrogen and oxygen atoms in total. The van der Waals surface area contributed by atoms with Gasteiger partial charge in [-0.1, -0.05) is 27.5 Å². The molecule has 0 atom stereocenters. The van der Waals surface area contributed by atoms with Crippen molar-refractivity contribution in [2.24, 2.45) is 0 Å². The van der Waals surface area contributed by atoms with Crippen LogP contribution in [0.4, 0.5) is 15.8 Å². The van der Waals surface area contributed by atoms with E-state index in [2.05, 4.69) is 21.2 Å². The van der Waals surface area contributed by atoms with Crippen molar-refractivity contribution in [3.63, 3.8) is 0 Å². The van der Waals surface area contributed by atoms with E-state index in [4.69, 9.17) is 17.3 Å². The summed E-state index contributed by atoms with van der Waals surface area (Å²) >= 11 is 8.95. The molecule has 0 bridgehead atoms. The van der Waals surface area contributed by atoms with E-state index >= 15 is 0 Å². The van der Waals surface area contributed by atoms with Gasteiger partial charge in [0, 0.05) is 20.7 Å². The number of carbonyl (C=O) groups is 1. The molecule has 0 heterocycles. The molecule has 0 aliphatic rings. The number of hydrogen-bond acceptors (Lipinski definition) is 2. The minimum absolute atomic E-state index is 0.0896. The van der Waals surface area contributed by atoms with Crippen molar-refractivity contribution in [2.75, 3.05) is 11.1 Å². The number of anilines is 2. The van der Waals surface area contributed by atoms with E-state index in [1.54, 1.807) is 6.07 Å². The molecule has 19 heavy (non-hydrogen) atoms. The molecule has 1 amide bonds. The molecule has 0 aliphatic carbocycles. The van der Waals surface area contributed by atoms with E-state index in [0.717, 1.165) is 0 Å². The van der Waals surface area contributed by atoms with Crippen LogP contribution >= 0.6 is 27.5 Å². The molecule has 3 N–H and O–H groups in total. The second kappa shape index (κ2) is 5.59. The lowest BCUT2D eigenvalue weighted by Gasteiger charge is -2.07. The fourth-order valence-corrected chi connectivity index (χ4v) is 2.11. The Kier molecular flexibility index (Phi) is 4.07.